The average molecular weight is 1880 g/mol. The summed E-state index contributed by atoms with van der Waals surface area (Å²) in [7, 11) is 0. The van der Waals surface area contributed by atoms with Gasteiger partial charge in [-0.3, -0.25) is 0 Å². The fraction of sp³-hybridized carbons (Fsp3) is 0.299. The molecule has 0 radical (unpaired) electrons. The van der Waals surface area contributed by atoms with Gasteiger partial charge in [-0.1, -0.05) is 376 Å². The molecule has 0 N–H and O–H groups in total. The van der Waals surface area contributed by atoms with Gasteiger partial charge >= 0.3 is 0 Å². The standard InChI is InChI=1S/C134H138O8/c1-11-21-51-89-91-53-31-35-57-95(91)127(96-58-36-32-54-92(89)96)111-81-119(135-73-23-13-3)121(137-75-25-15-5)83-113(111)129-99-61-39-43-65-103(99)131(104-66-44-40-62-100(104)129)115-85-123(139-77-27-17-7)125(141-79-29-19-9)87-117(115)133-107-69-47-49-71-109(107)134(110-72-50-48-70-108(110)133)118-88-126(142-80-30-20-10)124(140-78-28-18-8)86-116(118)132-105-67-45-41-63-101(105)130(102-64-42-46-68-106(102)132)114-84-122(138-76-26-16-6)120(136-74-24-14-4)82-112(114)128-97-59-37-33-55-93(97)90(52-22-12-2)94-56-34-38-60-98(94)128/h31-50,53-72,81-88H,11-30,51-52,73-80H2,1-10H3. The molecule has 19 rings (SSSR count). The van der Waals surface area contributed by atoms with Crippen LogP contribution >= 0.6 is 0 Å². The summed E-state index contributed by atoms with van der Waals surface area (Å²) in [5.41, 5.74) is 20.3. The van der Waals surface area contributed by atoms with E-state index in [1.807, 2.05) is 0 Å². The second kappa shape index (κ2) is 45.8. The lowest BCUT2D eigenvalue weighted by Crippen LogP contribution is -2.05. The van der Waals surface area contributed by atoms with Crippen molar-refractivity contribution in [1.82, 2.24) is 0 Å². The summed E-state index contributed by atoms with van der Waals surface area (Å²) < 4.78 is 57.5. The summed E-state index contributed by atoms with van der Waals surface area (Å²) in [5.74, 6) is 5.89. The van der Waals surface area contributed by atoms with Crippen LogP contribution in [0.3, 0.4) is 0 Å². The summed E-state index contributed by atoms with van der Waals surface area (Å²) in [6.07, 6.45) is 21.3. The smallest absolute Gasteiger partial charge is 0.161 e. The van der Waals surface area contributed by atoms with E-state index in [2.05, 4.69) is 360 Å². The predicted octanol–water partition coefficient (Wildman–Crippen LogP) is 38.7. The van der Waals surface area contributed by atoms with E-state index in [0.29, 0.717) is 52.9 Å². The van der Waals surface area contributed by atoms with Gasteiger partial charge in [0.15, 0.2) is 46.0 Å². The van der Waals surface area contributed by atoms with E-state index in [1.54, 1.807) is 0 Å². The molecular formula is C134H138O8. The highest BCUT2D eigenvalue weighted by Crippen LogP contribution is 2.60. The van der Waals surface area contributed by atoms with Crippen LogP contribution in [-0.4, -0.2) is 52.9 Å². The fourth-order valence-electron chi connectivity index (χ4n) is 21.8. The molecule has 19 aromatic rings. The van der Waals surface area contributed by atoms with E-state index in [-0.39, 0.29) is 0 Å². The lowest BCUT2D eigenvalue weighted by atomic mass is 9.78. The van der Waals surface area contributed by atoms with Gasteiger partial charge in [0.1, 0.15) is 0 Å². The summed E-state index contributed by atoms with van der Waals surface area (Å²) in [5, 5.41) is 23.2. The molecule has 0 amide bonds. The van der Waals surface area contributed by atoms with Crippen molar-refractivity contribution >= 4 is 108 Å². The largest absolute Gasteiger partial charge is 0.490 e. The Morgan fingerprint density at radius 3 is 0.352 bits per heavy atom. The third kappa shape index (κ3) is 19.3. The molecule has 722 valence electrons. The van der Waals surface area contributed by atoms with Gasteiger partial charge in [-0.05, 0) is 333 Å². The fourth-order valence-corrected chi connectivity index (χ4v) is 21.8. The molecule has 0 aliphatic heterocycles. The van der Waals surface area contributed by atoms with Gasteiger partial charge in [-0.15, -0.1) is 0 Å². The Bertz CT molecular complexity index is 7030. The second-order valence-electron chi connectivity index (χ2n) is 38.6. The summed E-state index contributed by atoms with van der Waals surface area (Å²) in [6.45, 7) is 26.8. The van der Waals surface area contributed by atoms with Crippen molar-refractivity contribution in [3.8, 4) is 135 Å². The van der Waals surface area contributed by atoms with Crippen LogP contribution in [0, 0.1) is 0 Å². The number of ether oxygens (including phenoxy) is 8. The van der Waals surface area contributed by atoms with Crippen LogP contribution < -0.4 is 37.9 Å². The van der Waals surface area contributed by atoms with Gasteiger partial charge in [0.25, 0.3) is 0 Å². The van der Waals surface area contributed by atoms with Gasteiger partial charge in [-0.25, -0.2) is 0 Å². The van der Waals surface area contributed by atoms with Gasteiger partial charge < -0.3 is 37.9 Å². The minimum atomic E-state index is 0.521. The third-order valence-corrected chi connectivity index (χ3v) is 29.0. The van der Waals surface area contributed by atoms with Crippen LogP contribution in [0.15, 0.2) is 291 Å². The van der Waals surface area contributed by atoms with Gasteiger partial charge in [0.05, 0.1) is 52.9 Å². The number of fused-ring (bicyclic) bond motifs is 10. The maximum atomic E-state index is 7.27. The van der Waals surface area contributed by atoms with Crippen LogP contribution in [-0.2, 0) is 12.8 Å². The highest BCUT2D eigenvalue weighted by atomic mass is 16.5. The molecular weight excluding hydrogens is 1740 g/mol. The van der Waals surface area contributed by atoms with Crippen molar-refractivity contribution in [3.63, 3.8) is 0 Å². The molecule has 0 bridgehead atoms. The van der Waals surface area contributed by atoms with E-state index in [4.69, 9.17) is 37.9 Å². The van der Waals surface area contributed by atoms with Crippen LogP contribution in [0.25, 0.3) is 197 Å². The molecule has 0 fully saturated rings. The number of unbranched alkanes of at least 4 members (excludes halogenated alkanes) is 10. The van der Waals surface area contributed by atoms with Gasteiger partial charge in [0, 0.05) is 0 Å². The highest BCUT2D eigenvalue weighted by Gasteiger charge is 2.33. The molecule has 8 heteroatoms. The number of rotatable bonds is 46. The van der Waals surface area contributed by atoms with Crippen molar-refractivity contribution in [2.75, 3.05) is 52.9 Å². The summed E-state index contributed by atoms with van der Waals surface area (Å²) >= 11 is 0. The first-order valence-electron chi connectivity index (χ1n) is 53.6. The lowest BCUT2D eigenvalue weighted by molar-refractivity contribution is 0.262. The van der Waals surface area contributed by atoms with Gasteiger partial charge in [0.2, 0.25) is 0 Å². The van der Waals surface area contributed by atoms with Crippen molar-refractivity contribution in [2.45, 2.75) is 210 Å². The Kier molecular flexibility index (Phi) is 31.3. The Morgan fingerprint density at radius 2 is 0.239 bits per heavy atom. The molecule has 0 aromatic heterocycles. The Balaban J connectivity index is 0.909. The Hall–Kier alpha value is -13.8. The molecule has 0 aliphatic rings. The lowest BCUT2D eigenvalue weighted by Gasteiger charge is -2.26. The first-order valence-corrected chi connectivity index (χ1v) is 53.6. The maximum absolute atomic E-state index is 7.27. The molecule has 0 spiro atoms. The monoisotopic (exact) mass is 1880 g/mol. The van der Waals surface area contributed by atoms with Crippen molar-refractivity contribution in [3.05, 3.63) is 302 Å². The number of aryl methyl sites for hydroxylation is 2. The zero-order chi connectivity index (χ0) is 97.4. The normalized spacial score (nSPS) is 11.7. The SMILES string of the molecule is CCCCOc1cc(-c2c3ccccc3c(CCCC)c3ccccc23)c(-c2c3ccccc3c(-c3cc(OCCCC)c(OCCCC)cc3-c3c4ccccc4c(-c4cc(OCCCC)c(OCCCC)cc4-c4c5ccccc5c(-c5cc(OCCCC)c(OCCCC)cc5-c5c6ccccc6c(CCCC)c6ccccc56)c5ccccc45)c4ccccc34)c3ccccc23)cc1OCCCC. The first-order chi connectivity index (χ1) is 70.2. The zero-order valence-electron chi connectivity index (χ0n) is 85.2. The zero-order valence-corrected chi connectivity index (χ0v) is 85.2. The van der Waals surface area contributed by atoms with Gasteiger partial charge in [-0.2, -0.15) is 0 Å². The topological polar surface area (TPSA) is 73.8 Å². The van der Waals surface area contributed by atoms with Crippen LogP contribution in [0.2, 0.25) is 0 Å². The molecule has 0 aliphatic carbocycles. The van der Waals surface area contributed by atoms with Crippen LogP contribution in [0.1, 0.15) is 209 Å². The van der Waals surface area contributed by atoms with E-state index in [0.717, 1.165) is 330 Å². The minimum absolute atomic E-state index is 0.521. The maximum Gasteiger partial charge on any atom is 0.161 e. The highest BCUT2D eigenvalue weighted by molar-refractivity contribution is 6.31. The van der Waals surface area contributed by atoms with E-state index < -0.39 is 0 Å². The minimum Gasteiger partial charge on any atom is -0.490 e. The van der Waals surface area contributed by atoms with Crippen molar-refractivity contribution in [1.29, 1.82) is 0 Å². The Labute approximate surface area is 840 Å². The molecule has 0 heterocycles. The Morgan fingerprint density at radius 1 is 0.134 bits per heavy atom. The van der Waals surface area contributed by atoms with E-state index >= 15 is 0 Å². The third-order valence-electron chi connectivity index (χ3n) is 29.0. The summed E-state index contributed by atoms with van der Waals surface area (Å²) in [6, 6.07) is 111. The molecule has 0 atom stereocenters. The van der Waals surface area contributed by atoms with Crippen molar-refractivity contribution < 1.29 is 37.9 Å². The molecule has 0 unspecified atom stereocenters. The molecule has 8 nitrogen and oxygen atoms in total. The second-order valence-corrected chi connectivity index (χ2v) is 38.6. The molecule has 0 saturated heterocycles. The number of hydrogen-bond acceptors (Lipinski definition) is 8. The summed E-state index contributed by atoms with van der Waals surface area (Å²) in [4.78, 5) is 0. The quantitative estimate of drug-likeness (QED) is 0.0276. The van der Waals surface area contributed by atoms with Crippen molar-refractivity contribution in [2.24, 2.45) is 0 Å². The molecule has 0 saturated carbocycles. The first kappa shape index (κ1) is 97.0. The number of benzene rings is 19. The van der Waals surface area contributed by atoms with E-state index in [1.165, 1.54) is 65.3 Å². The average Bonchev–Trinajstić information content (AvgIpc) is 0.724. The van der Waals surface area contributed by atoms with Crippen LogP contribution in [0.5, 0.6) is 46.0 Å². The molecule has 19 aromatic carbocycles. The van der Waals surface area contributed by atoms with Crippen LogP contribution in [0.4, 0.5) is 0 Å². The predicted molar refractivity (Wildman–Crippen MR) is 605 cm³/mol. The molecule has 142 heavy (non-hydrogen) atoms. The number of hydrogen-bond donors (Lipinski definition) is 0. The van der Waals surface area contributed by atoms with E-state index in [9.17, 15) is 0 Å².